The lowest BCUT2D eigenvalue weighted by molar-refractivity contribution is 0.737. The van der Waals surface area contributed by atoms with Crippen molar-refractivity contribution in [2.75, 3.05) is 18.5 Å². The Hall–Kier alpha value is -2.18. The third-order valence-corrected chi connectivity index (χ3v) is 5.26. The summed E-state index contributed by atoms with van der Waals surface area (Å²) in [5.41, 5.74) is 6.15. The molecule has 1 aromatic heterocycles. The maximum atomic E-state index is 4.54. The van der Waals surface area contributed by atoms with Gasteiger partial charge >= 0.3 is 0 Å². The fourth-order valence-electron chi connectivity index (χ4n) is 3.80. The molecule has 0 aliphatic carbocycles. The first kappa shape index (κ1) is 14.2. The molecule has 120 valence electrons. The number of fused-ring (bicyclic) bond motifs is 5. The zero-order valence-electron chi connectivity index (χ0n) is 13.3. The Labute approximate surface area is 148 Å². The third-order valence-electron chi connectivity index (χ3n) is 4.77. The molecule has 2 aliphatic heterocycles. The molecule has 0 atom stereocenters. The van der Waals surface area contributed by atoms with E-state index in [1.165, 1.54) is 16.9 Å². The number of anilines is 2. The van der Waals surface area contributed by atoms with Crippen LogP contribution in [0.25, 0.3) is 17.1 Å². The quantitative estimate of drug-likeness (QED) is 0.738. The number of hydrogen-bond acceptors (Lipinski definition) is 4. The van der Waals surface area contributed by atoms with Crippen LogP contribution < -0.4 is 10.2 Å². The van der Waals surface area contributed by atoms with E-state index in [1.807, 2.05) is 7.05 Å². The highest BCUT2D eigenvalue weighted by Crippen LogP contribution is 2.47. The lowest BCUT2D eigenvalue weighted by atomic mass is 10.1. The molecule has 2 aliphatic rings. The fraction of sp³-hybridized carbons (Fsp3) is 0.222. The first-order valence-corrected chi connectivity index (χ1v) is 8.86. The van der Waals surface area contributed by atoms with Gasteiger partial charge in [0.2, 0.25) is 0 Å². The molecule has 0 bridgehead atoms. The highest BCUT2D eigenvalue weighted by Gasteiger charge is 2.32. The minimum absolute atomic E-state index is 0.675. The normalized spacial score (nSPS) is 14.2. The minimum Gasteiger partial charge on any atom is -0.339 e. The van der Waals surface area contributed by atoms with Gasteiger partial charge < -0.3 is 10.2 Å². The van der Waals surface area contributed by atoms with E-state index < -0.39 is 0 Å². The summed E-state index contributed by atoms with van der Waals surface area (Å²) in [7, 11) is 1.93. The van der Waals surface area contributed by atoms with E-state index in [0.29, 0.717) is 6.54 Å². The van der Waals surface area contributed by atoms with Gasteiger partial charge in [0.05, 0.1) is 23.6 Å². The second kappa shape index (κ2) is 5.16. The van der Waals surface area contributed by atoms with Gasteiger partial charge in [-0.25, -0.2) is 0 Å². The molecule has 0 unspecified atom stereocenters. The van der Waals surface area contributed by atoms with E-state index >= 15 is 0 Å². The highest BCUT2D eigenvalue weighted by molar-refractivity contribution is 9.10. The molecule has 6 heteroatoms. The van der Waals surface area contributed by atoms with Crippen LogP contribution in [0.1, 0.15) is 11.4 Å². The van der Waals surface area contributed by atoms with Crippen molar-refractivity contribution in [1.82, 2.24) is 20.1 Å². The summed E-state index contributed by atoms with van der Waals surface area (Å²) in [4.78, 5) is 2.42. The van der Waals surface area contributed by atoms with Crippen LogP contribution in [0.15, 0.2) is 40.9 Å². The fourth-order valence-corrected chi connectivity index (χ4v) is 4.15. The minimum atomic E-state index is 0.675. The Balaban J connectivity index is 1.91. The smallest absolute Gasteiger partial charge is 0.170 e. The Bertz CT molecular complexity index is 962. The monoisotopic (exact) mass is 381 g/mol. The maximum Gasteiger partial charge on any atom is 0.170 e. The van der Waals surface area contributed by atoms with E-state index in [0.717, 1.165) is 40.3 Å². The van der Waals surface area contributed by atoms with Crippen molar-refractivity contribution in [3.63, 3.8) is 0 Å². The van der Waals surface area contributed by atoms with Gasteiger partial charge in [0.15, 0.2) is 11.6 Å². The standard InChI is InChI=1S/C18H16BrN5/c1-20-10-16-21-22-18-13-4-2-3-11-7-8-23(17(11)13)14-6-5-12(19)9-15(14)24(16)18/h2-6,9,20H,7-8,10H2,1H3. The summed E-state index contributed by atoms with van der Waals surface area (Å²) in [5, 5.41) is 12.2. The molecular formula is C18H16BrN5. The topological polar surface area (TPSA) is 46.0 Å². The van der Waals surface area contributed by atoms with Crippen LogP contribution in [0.5, 0.6) is 0 Å². The predicted octanol–water partition coefficient (Wildman–Crippen LogP) is 3.42. The molecule has 5 rings (SSSR count). The molecule has 0 radical (unpaired) electrons. The summed E-state index contributed by atoms with van der Waals surface area (Å²) in [5.74, 6) is 1.84. The van der Waals surface area contributed by atoms with Crippen LogP contribution in [-0.2, 0) is 13.0 Å². The van der Waals surface area contributed by atoms with Crippen molar-refractivity contribution >= 4 is 27.3 Å². The Morgan fingerprint density at radius 3 is 2.96 bits per heavy atom. The van der Waals surface area contributed by atoms with Crippen molar-refractivity contribution in [1.29, 1.82) is 0 Å². The van der Waals surface area contributed by atoms with Gasteiger partial charge in [-0.05, 0) is 43.3 Å². The molecule has 5 nitrogen and oxygen atoms in total. The van der Waals surface area contributed by atoms with Crippen molar-refractivity contribution in [3.05, 3.63) is 52.3 Å². The van der Waals surface area contributed by atoms with Gasteiger partial charge in [-0.2, -0.15) is 0 Å². The average Bonchev–Trinajstić information content (AvgIpc) is 3.16. The van der Waals surface area contributed by atoms with Crippen molar-refractivity contribution in [2.24, 2.45) is 0 Å². The summed E-state index contributed by atoms with van der Waals surface area (Å²) < 4.78 is 3.24. The van der Waals surface area contributed by atoms with Gasteiger partial charge in [-0.3, -0.25) is 4.57 Å². The van der Waals surface area contributed by atoms with Gasteiger partial charge in [0.25, 0.3) is 0 Å². The molecule has 0 fully saturated rings. The second-order valence-electron chi connectivity index (χ2n) is 6.15. The molecule has 0 spiro atoms. The Morgan fingerprint density at radius 2 is 2.08 bits per heavy atom. The van der Waals surface area contributed by atoms with Gasteiger partial charge in [0.1, 0.15) is 0 Å². The van der Waals surface area contributed by atoms with Crippen LogP contribution in [0.4, 0.5) is 11.4 Å². The third kappa shape index (κ3) is 1.84. The van der Waals surface area contributed by atoms with E-state index in [1.54, 1.807) is 0 Å². The number of aromatic nitrogens is 3. The first-order chi connectivity index (χ1) is 11.8. The van der Waals surface area contributed by atoms with E-state index in [9.17, 15) is 0 Å². The van der Waals surface area contributed by atoms with E-state index in [2.05, 4.69) is 77.3 Å². The molecule has 0 amide bonds. The van der Waals surface area contributed by atoms with Crippen LogP contribution in [-0.4, -0.2) is 28.4 Å². The zero-order chi connectivity index (χ0) is 16.3. The summed E-state index contributed by atoms with van der Waals surface area (Å²) >= 11 is 3.62. The Kier molecular flexibility index (Phi) is 3.05. The lowest BCUT2D eigenvalue weighted by Crippen LogP contribution is -2.16. The molecule has 2 aromatic carbocycles. The molecule has 0 saturated heterocycles. The van der Waals surface area contributed by atoms with Crippen molar-refractivity contribution in [3.8, 4) is 17.1 Å². The number of rotatable bonds is 2. The van der Waals surface area contributed by atoms with Gasteiger partial charge in [0, 0.05) is 16.6 Å². The number of halogens is 1. The molecule has 24 heavy (non-hydrogen) atoms. The summed E-state index contributed by atoms with van der Waals surface area (Å²) in [6.45, 7) is 1.68. The van der Waals surface area contributed by atoms with Crippen LogP contribution in [0.2, 0.25) is 0 Å². The van der Waals surface area contributed by atoms with Crippen LogP contribution in [0.3, 0.4) is 0 Å². The largest absolute Gasteiger partial charge is 0.339 e. The number of hydrogen-bond donors (Lipinski definition) is 1. The number of nitrogens with zero attached hydrogens (tertiary/aromatic N) is 4. The number of para-hydroxylation sites is 1. The molecule has 3 heterocycles. The second-order valence-corrected chi connectivity index (χ2v) is 7.07. The number of nitrogens with one attached hydrogen (secondary N) is 1. The van der Waals surface area contributed by atoms with Crippen LogP contribution in [0, 0.1) is 0 Å². The van der Waals surface area contributed by atoms with Crippen molar-refractivity contribution in [2.45, 2.75) is 13.0 Å². The van der Waals surface area contributed by atoms with Gasteiger partial charge in [-0.15, -0.1) is 10.2 Å². The lowest BCUT2D eigenvalue weighted by Gasteiger charge is -2.22. The zero-order valence-corrected chi connectivity index (χ0v) is 14.8. The SMILES string of the molecule is CNCc1nnc2n1-c1cc(Br)ccc1N1CCc3cccc-2c31. The average molecular weight is 382 g/mol. The predicted molar refractivity (Wildman–Crippen MR) is 98.0 cm³/mol. The first-order valence-electron chi connectivity index (χ1n) is 8.06. The molecular weight excluding hydrogens is 366 g/mol. The Morgan fingerprint density at radius 1 is 1.17 bits per heavy atom. The summed E-state index contributed by atoms with van der Waals surface area (Å²) in [6.07, 6.45) is 1.07. The molecule has 0 saturated carbocycles. The summed E-state index contributed by atoms with van der Waals surface area (Å²) in [6, 6.07) is 12.9. The maximum absolute atomic E-state index is 4.54. The molecule has 3 aromatic rings. The van der Waals surface area contributed by atoms with E-state index in [4.69, 9.17) is 0 Å². The van der Waals surface area contributed by atoms with Crippen LogP contribution >= 0.6 is 15.9 Å². The molecule has 1 N–H and O–H groups in total. The van der Waals surface area contributed by atoms with Gasteiger partial charge in [-0.1, -0.05) is 28.1 Å². The van der Waals surface area contributed by atoms with E-state index in [-0.39, 0.29) is 0 Å². The van der Waals surface area contributed by atoms with Crippen molar-refractivity contribution < 1.29 is 0 Å². The number of benzene rings is 2. The highest BCUT2D eigenvalue weighted by atomic mass is 79.9.